The third-order valence-corrected chi connectivity index (χ3v) is 2.89. The van der Waals surface area contributed by atoms with Crippen molar-refractivity contribution in [2.75, 3.05) is 24.2 Å². The summed E-state index contributed by atoms with van der Waals surface area (Å²) in [6.45, 7) is 0.860. The number of thiophene rings is 1. The van der Waals surface area contributed by atoms with Gasteiger partial charge in [0.25, 0.3) is 0 Å². The molecule has 0 unspecified atom stereocenters. The average Bonchev–Trinajstić information content (AvgIpc) is 2.88. The standard InChI is InChI=1S/C9H13N5S/c1-10-8-12-9(14-13-8)11-5-4-7-3-2-6-15-7/h2-3,6H,4-5H2,1H3,(H3,10,11,12,13,14). The second-order valence-electron chi connectivity index (χ2n) is 3.01. The quantitative estimate of drug-likeness (QED) is 0.719. The van der Waals surface area contributed by atoms with Crippen LogP contribution in [0.15, 0.2) is 17.5 Å². The van der Waals surface area contributed by atoms with Crippen LogP contribution in [0.3, 0.4) is 0 Å². The second kappa shape index (κ2) is 4.79. The van der Waals surface area contributed by atoms with E-state index in [1.165, 1.54) is 4.88 Å². The molecule has 6 heteroatoms. The van der Waals surface area contributed by atoms with E-state index in [1.54, 1.807) is 18.4 Å². The zero-order valence-corrected chi connectivity index (χ0v) is 9.27. The number of nitrogens with zero attached hydrogens (tertiary/aromatic N) is 2. The van der Waals surface area contributed by atoms with Crippen molar-refractivity contribution in [3.05, 3.63) is 22.4 Å². The molecule has 2 aromatic rings. The molecule has 0 spiro atoms. The molecule has 0 saturated carbocycles. The third kappa shape index (κ3) is 2.69. The average molecular weight is 223 g/mol. The fourth-order valence-electron chi connectivity index (χ4n) is 1.21. The molecule has 0 aliphatic carbocycles. The normalized spacial score (nSPS) is 10.2. The predicted octanol–water partition coefficient (Wildman–Crippen LogP) is 1.56. The molecular weight excluding hydrogens is 210 g/mol. The Morgan fingerprint density at radius 3 is 3.13 bits per heavy atom. The monoisotopic (exact) mass is 223 g/mol. The fourth-order valence-corrected chi connectivity index (χ4v) is 1.92. The minimum atomic E-state index is 0.605. The Labute approximate surface area is 91.9 Å². The maximum Gasteiger partial charge on any atom is 0.243 e. The van der Waals surface area contributed by atoms with E-state index in [0.717, 1.165) is 13.0 Å². The van der Waals surface area contributed by atoms with Gasteiger partial charge in [-0.05, 0) is 17.9 Å². The van der Waals surface area contributed by atoms with Gasteiger partial charge in [-0.15, -0.1) is 16.4 Å². The lowest BCUT2D eigenvalue weighted by Crippen LogP contribution is -2.05. The van der Waals surface area contributed by atoms with Crippen LogP contribution in [0.5, 0.6) is 0 Å². The Kier molecular flexibility index (Phi) is 3.18. The van der Waals surface area contributed by atoms with Gasteiger partial charge in [-0.1, -0.05) is 6.07 Å². The van der Waals surface area contributed by atoms with Gasteiger partial charge in [0.05, 0.1) is 0 Å². The van der Waals surface area contributed by atoms with Gasteiger partial charge in [0.1, 0.15) is 0 Å². The van der Waals surface area contributed by atoms with E-state index in [2.05, 4.69) is 43.3 Å². The summed E-state index contributed by atoms with van der Waals surface area (Å²) in [7, 11) is 1.79. The number of anilines is 2. The van der Waals surface area contributed by atoms with Crippen LogP contribution in [0, 0.1) is 0 Å². The van der Waals surface area contributed by atoms with E-state index in [1.807, 2.05) is 0 Å². The molecule has 0 aliphatic heterocycles. The van der Waals surface area contributed by atoms with E-state index in [4.69, 9.17) is 0 Å². The molecule has 0 saturated heterocycles. The number of hydrogen-bond donors (Lipinski definition) is 3. The number of H-pyrrole nitrogens is 1. The second-order valence-corrected chi connectivity index (χ2v) is 4.05. The van der Waals surface area contributed by atoms with Gasteiger partial charge < -0.3 is 10.6 Å². The fraction of sp³-hybridized carbons (Fsp3) is 0.333. The molecule has 0 aromatic carbocycles. The van der Waals surface area contributed by atoms with Crippen LogP contribution in [0.25, 0.3) is 0 Å². The van der Waals surface area contributed by atoms with Gasteiger partial charge in [-0.25, -0.2) is 5.10 Å². The van der Waals surface area contributed by atoms with Crippen LogP contribution >= 0.6 is 11.3 Å². The summed E-state index contributed by atoms with van der Waals surface area (Å²) in [5.41, 5.74) is 0. The molecule has 0 bridgehead atoms. The van der Waals surface area contributed by atoms with E-state index < -0.39 is 0 Å². The molecule has 0 amide bonds. The highest BCUT2D eigenvalue weighted by molar-refractivity contribution is 7.09. The van der Waals surface area contributed by atoms with E-state index in [0.29, 0.717) is 11.9 Å². The van der Waals surface area contributed by atoms with Gasteiger partial charge in [0.15, 0.2) is 0 Å². The van der Waals surface area contributed by atoms with Crippen LogP contribution < -0.4 is 10.6 Å². The van der Waals surface area contributed by atoms with Gasteiger partial charge >= 0.3 is 0 Å². The van der Waals surface area contributed by atoms with E-state index >= 15 is 0 Å². The summed E-state index contributed by atoms with van der Waals surface area (Å²) in [4.78, 5) is 5.53. The molecular formula is C9H13N5S. The number of aromatic amines is 1. The summed E-state index contributed by atoms with van der Waals surface area (Å²) in [6, 6.07) is 4.19. The molecule has 2 heterocycles. The van der Waals surface area contributed by atoms with Crippen molar-refractivity contribution in [3.63, 3.8) is 0 Å². The molecule has 5 nitrogen and oxygen atoms in total. The molecule has 0 radical (unpaired) electrons. The van der Waals surface area contributed by atoms with Crippen molar-refractivity contribution in [2.45, 2.75) is 6.42 Å². The first-order valence-corrected chi connectivity index (χ1v) is 5.63. The number of hydrogen-bond acceptors (Lipinski definition) is 5. The first kappa shape index (κ1) is 9.97. The van der Waals surface area contributed by atoms with Gasteiger partial charge in [0, 0.05) is 18.5 Å². The zero-order valence-electron chi connectivity index (χ0n) is 8.45. The predicted molar refractivity (Wildman–Crippen MR) is 62.4 cm³/mol. The molecule has 3 N–H and O–H groups in total. The maximum atomic E-state index is 4.16. The van der Waals surface area contributed by atoms with Crippen molar-refractivity contribution >= 4 is 23.2 Å². The molecule has 2 rings (SSSR count). The highest BCUT2D eigenvalue weighted by Gasteiger charge is 1.99. The van der Waals surface area contributed by atoms with Crippen LogP contribution in [-0.4, -0.2) is 28.8 Å². The molecule has 2 aromatic heterocycles. The molecule has 80 valence electrons. The summed E-state index contributed by atoms with van der Waals surface area (Å²) >= 11 is 1.77. The van der Waals surface area contributed by atoms with Crippen molar-refractivity contribution in [2.24, 2.45) is 0 Å². The summed E-state index contributed by atoms with van der Waals surface area (Å²) in [6.07, 6.45) is 1.01. The number of rotatable bonds is 5. The lowest BCUT2D eigenvalue weighted by atomic mass is 10.3. The summed E-state index contributed by atoms with van der Waals surface area (Å²) in [5.74, 6) is 1.31. The van der Waals surface area contributed by atoms with Crippen molar-refractivity contribution in [1.82, 2.24) is 15.2 Å². The highest BCUT2D eigenvalue weighted by Crippen LogP contribution is 2.09. The largest absolute Gasteiger partial charge is 0.356 e. The number of aromatic nitrogens is 3. The summed E-state index contributed by atoms with van der Waals surface area (Å²) < 4.78 is 0. The molecule has 0 atom stereocenters. The van der Waals surface area contributed by atoms with E-state index in [9.17, 15) is 0 Å². The first-order valence-electron chi connectivity index (χ1n) is 4.75. The van der Waals surface area contributed by atoms with Crippen molar-refractivity contribution in [3.8, 4) is 0 Å². The third-order valence-electron chi connectivity index (χ3n) is 1.95. The number of nitrogens with one attached hydrogen (secondary N) is 3. The maximum absolute atomic E-state index is 4.16. The Hall–Kier alpha value is -1.56. The molecule has 0 aliphatic rings. The Bertz CT molecular complexity index is 394. The van der Waals surface area contributed by atoms with Gasteiger partial charge in [-0.2, -0.15) is 4.98 Å². The summed E-state index contributed by atoms with van der Waals surface area (Å²) in [5, 5.41) is 14.9. The molecule has 15 heavy (non-hydrogen) atoms. The topological polar surface area (TPSA) is 65.6 Å². The van der Waals surface area contributed by atoms with Crippen LogP contribution in [0.1, 0.15) is 4.88 Å². The Balaban J connectivity index is 1.78. The smallest absolute Gasteiger partial charge is 0.243 e. The molecule has 0 fully saturated rings. The highest BCUT2D eigenvalue weighted by atomic mass is 32.1. The van der Waals surface area contributed by atoms with E-state index in [-0.39, 0.29) is 0 Å². The Morgan fingerprint density at radius 1 is 1.53 bits per heavy atom. The lowest BCUT2D eigenvalue weighted by molar-refractivity contribution is 1.000. The van der Waals surface area contributed by atoms with Gasteiger partial charge in [-0.3, -0.25) is 0 Å². The SMILES string of the molecule is CNc1n[nH]c(NCCc2cccs2)n1. The van der Waals surface area contributed by atoms with Crippen LogP contribution in [0.2, 0.25) is 0 Å². The lowest BCUT2D eigenvalue weighted by Gasteiger charge is -1.99. The minimum Gasteiger partial charge on any atom is -0.356 e. The Morgan fingerprint density at radius 2 is 2.47 bits per heavy atom. The minimum absolute atomic E-state index is 0.605. The van der Waals surface area contributed by atoms with Crippen molar-refractivity contribution < 1.29 is 0 Å². The first-order chi connectivity index (χ1) is 7.38. The van der Waals surface area contributed by atoms with Gasteiger partial charge in [0.2, 0.25) is 11.9 Å². The van der Waals surface area contributed by atoms with Crippen molar-refractivity contribution in [1.29, 1.82) is 0 Å². The van der Waals surface area contributed by atoms with Crippen LogP contribution in [0.4, 0.5) is 11.9 Å². The van der Waals surface area contributed by atoms with Crippen LogP contribution in [-0.2, 0) is 6.42 Å². The zero-order chi connectivity index (χ0) is 10.5.